The maximum Gasteiger partial charge on any atom is 0.405 e. The third-order valence-electron chi connectivity index (χ3n) is 3.09. The van der Waals surface area contributed by atoms with Crippen LogP contribution in [0.3, 0.4) is 0 Å². The number of nitrogens with two attached hydrogens (primary N) is 1. The van der Waals surface area contributed by atoms with Crippen LogP contribution in [0.4, 0.5) is 13.2 Å². The van der Waals surface area contributed by atoms with Crippen LogP contribution in [0.25, 0.3) is 0 Å². The van der Waals surface area contributed by atoms with Gasteiger partial charge in [-0.1, -0.05) is 6.92 Å². The SMILES string of the molecule is CC1CCCN(C(CN)C(F)(F)F)CC1. The van der Waals surface area contributed by atoms with E-state index in [0.29, 0.717) is 19.0 Å². The summed E-state index contributed by atoms with van der Waals surface area (Å²) in [6.45, 7) is 2.79. The van der Waals surface area contributed by atoms with Crippen LogP contribution >= 0.6 is 0 Å². The van der Waals surface area contributed by atoms with E-state index in [-0.39, 0.29) is 6.54 Å². The Morgan fingerprint density at radius 1 is 1.33 bits per heavy atom. The Morgan fingerprint density at radius 3 is 2.53 bits per heavy atom. The summed E-state index contributed by atoms with van der Waals surface area (Å²) in [5.41, 5.74) is 5.21. The Bertz CT molecular complexity index is 194. The van der Waals surface area contributed by atoms with E-state index >= 15 is 0 Å². The predicted molar refractivity (Wildman–Crippen MR) is 53.5 cm³/mol. The minimum Gasteiger partial charge on any atom is -0.329 e. The van der Waals surface area contributed by atoms with Gasteiger partial charge in [0.2, 0.25) is 0 Å². The van der Waals surface area contributed by atoms with Crippen LogP contribution in [0.15, 0.2) is 0 Å². The average molecular weight is 224 g/mol. The highest BCUT2D eigenvalue weighted by molar-refractivity contribution is 4.81. The number of rotatable bonds is 2. The molecule has 2 N–H and O–H groups in total. The van der Waals surface area contributed by atoms with Crippen molar-refractivity contribution in [1.29, 1.82) is 0 Å². The molecule has 0 spiro atoms. The lowest BCUT2D eigenvalue weighted by molar-refractivity contribution is -0.180. The van der Waals surface area contributed by atoms with Crippen molar-refractivity contribution in [3.05, 3.63) is 0 Å². The highest BCUT2D eigenvalue weighted by Gasteiger charge is 2.42. The van der Waals surface area contributed by atoms with Crippen molar-refractivity contribution in [3.8, 4) is 0 Å². The number of likely N-dealkylation sites (tertiary alicyclic amines) is 1. The van der Waals surface area contributed by atoms with E-state index < -0.39 is 12.2 Å². The van der Waals surface area contributed by atoms with Gasteiger partial charge in [-0.25, -0.2) is 0 Å². The third kappa shape index (κ3) is 3.65. The third-order valence-corrected chi connectivity index (χ3v) is 3.09. The first-order chi connectivity index (χ1) is 6.95. The van der Waals surface area contributed by atoms with E-state index in [9.17, 15) is 13.2 Å². The fourth-order valence-corrected chi connectivity index (χ4v) is 2.09. The Labute approximate surface area is 88.6 Å². The largest absolute Gasteiger partial charge is 0.405 e. The van der Waals surface area contributed by atoms with Gasteiger partial charge < -0.3 is 5.73 Å². The smallest absolute Gasteiger partial charge is 0.329 e. The highest BCUT2D eigenvalue weighted by Crippen LogP contribution is 2.27. The van der Waals surface area contributed by atoms with Gasteiger partial charge in [-0.05, 0) is 38.3 Å². The fraction of sp³-hybridized carbons (Fsp3) is 1.00. The van der Waals surface area contributed by atoms with Gasteiger partial charge in [0.1, 0.15) is 6.04 Å². The van der Waals surface area contributed by atoms with E-state index in [0.717, 1.165) is 19.3 Å². The van der Waals surface area contributed by atoms with Crippen molar-refractivity contribution in [2.45, 2.75) is 38.4 Å². The number of nitrogens with zero attached hydrogens (tertiary/aromatic N) is 1. The molecule has 0 aromatic carbocycles. The van der Waals surface area contributed by atoms with Gasteiger partial charge in [0, 0.05) is 6.54 Å². The van der Waals surface area contributed by atoms with Crippen molar-refractivity contribution in [3.63, 3.8) is 0 Å². The van der Waals surface area contributed by atoms with Crippen LogP contribution in [0, 0.1) is 5.92 Å². The quantitative estimate of drug-likeness (QED) is 0.777. The van der Waals surface area contributed by atoms with Crippen LogP contribution in [0.5, 0.6) is 0 Å². The molecule has 0 amide bonds. The molecule has 0 aliphatic carbocycles. The first-order valence-electron chi connectivity index (χ1n) is 5.46. The second-order valence-corrected chi connectivity index (χ2v) is 4.37. The molecule has 1 heterocycles. The molecule has 2 nitrogen and oxygen atoms in total. The van der Waals surface area contributed by atoms with Crippen molar-refractivity contribution >= 4 is 0 Å². The fourth-order valence-electron chi connectivity index (χ4n) is 2.09. The van der Waals surface area contributed by atoms with Crippen molar-refractivity contribution in [1.82, 2.24) is 4.90 Å². The van der Waals surface area contributed by atoms with Crippen molar-refractivity contribution in [2.24, 2.45) is 11.7 Å². The monoisotopic (exact) mass is 224 g/mol. The van der Waals surface area contributed by atoms with Gasteiger partial charge >= 0.3 is 6.18 Å². The molecule has 1 rings (SSSR count). The lowest BCUT2D eigenvalue weighted by Crippen LogP contribution is -2.50. The predicted octanol–water partition coefficient (Wildman–Crippen LogP) is 2.00. The van der Waals surface area contributed by atoms with E-state index in [1.54, 1.807) is 0 Å². The Kier molecular flexibility index (Phi) is 4.40. The first-order valence-corrected chi connectivity index (χ1v) is 5.46. The molecule has 0 saturated carbocycles. The van der Waals surface area contributed by atoms with Crippen molar-refractivity contribution in [2.75, 3.05) is 19.6 Å². The topological polar surface area (TPSA) is 29.3 Å². The summed E-state index contributed by atoms with van der Waals surface area (Å²) in [6.07, 6.45) is -1.49. The molecule has 2 unspecified atom stereocenters. The minimum atomic E-state index is -4.19. The van der Waals surface area contributed by atoms with E-state index in [1.807, 2.05) is 0 Å². The maximum absolute atomic E-state index is 12.6. The lowest BCUT2D eigenvalue weighted by Gasteiger charge is -2.31. The van der Waals surface area contributed by atoms with Crippen LogP contribution in [-0.4, -0.2) is 36.8 Å². The molecule has 0 aromatic heterocycles. The van der Waals surface area contributed by atoms with E-state index in [1.165, 1.54) is 4.90 Å². The van der Waals surface area contributed by atoms with Gasteiger partial charge in [-0.2, -0.15) is 13.2 Å². The molecule has 1 fully saturated rings. The molecule has 1 aliphatic rings. The zero-order valence-electron chi connectivity index (χ0n) is 9.06. The van der Waals surface area contributed by atoms with Gasteiger partial charge in [0.15, 0.2) is 0 Å². The van der Waals surface area contributed by atoms with Crippen LogP contribution in [0.1, 0.15) is 26.2 Å². The summed E-state index contributed by atoms with van der Waals surface area (Å²) >= 11 is 0. The number of halogens is 3. The summed E-state index contributed by atoms with van der Waals surface area (Å²) in [6, 6.07) is -1.46. The molecule has 0 radical (unpaired) electrons. The summed E-state index contributed by atoms with van der Waals surface area (Å²) in [5.74, 6) is 0.529. The second kappa shape index (κ2) is 5.16. The van der Waals surface area contributed by atoms with Gasteiger partial charge in [-0.3, -0.25) is 4.90 Å². The maximum atomic E-state index is 12.6. The summed E-state index contributed by atoms with van der Waals surface area (Å²) in [7, 11) is 0. The van der Waals surface area contributed by atoms with Crippen molar-refractivity contribution < 1.29 is 13.2 Å². The molecule has 15 heavy (non-hydrogen) atoms. The summed E-state index contributed by atoms with van der Waals surface area (Å²) in [4.78, 5) is 1.49. The minimum absolute atomic E-state index is 0.335. The molecule has 0 aromatic rings. The van der Waals surface area contributed by atoms with E-state index in [2.05, 4.69) is 6.92 Å². The van der Waals surface area contributed by atoms with Gasteiger partial charge in [0.25, 0.3) is 0 Å². The number of alkyl halides is 3. The summed E-state index contributed by atoms with van der Waals surface area (Å²) in [5, 5.41) is 0. The average Bonchev–Trinajstić information content (AvgIpc) is 2.30. The molecule has 2 atom stereocenters. The molecular weight excluding hydrogens is 205 g/mol. The Hall–Kier alpha value is -0.290. The zero-order chi connectivity index (χ0) is 11.5. The molecular formula is C10H19F3N2. The standard InChI is InChI=1S/C10H19F3N2/c1-8-3-2-5-15(6-4-8)9(7-14)10(11,12)13/h8-9H,2-7,14H2,1H3. The number of hydrogen-bond donors (Lipinski definition) is 1. The Morgan fingerprint density at radius 2 is 2.00 bits per heavy atom. The second-order valence-electron chi connectivity index (χ2n) is 4.37. The summed E-state index contributed by atoms with van der Waals surface area (Å²) < 4.78 is 37.8. The van der Waals surface area contributed by atoms with Gasteiger partial charge in [0.05, 0.1) is 0 Å². The molecule has 0 bridgehead atoms. The molecule has 90 valence electrons. The lowest BCUT2D eigenvalue weighted by atomic mass is 10.0. The van der Waals surface area contributed by atoms with Crippen LogP contribution in [-0.2, 0) is 0 Å². The highest BCUT2D eigenvalue weighted by atomic mass is 19.4. The molecule has 1 saturated heterocycles. The molecule has 1 aliphatic heterocycles. The zero-order valence-corrected chi connectivity index (χ0v) is 9.06. The van der Waals surface area contributed by atoms with Gasteiger partial charge in [-0.15, -0.1) is 0 Å². The van der Waals surface area contributed by atoms with E-state index in [4.69, 9.17) is 5.73 Å². The first kappa shape index (κ1) is 12.8. The Balaban J connectivity index is 2.60. The van der Waals surface area contributed by atoms with Crippen LogP contribution < -0.4 is 5.73 Å². The number of hydrogen-bond acceptors (Lipinski definition) is 2. The van der Waals surface area contributed by atoms with Crippen LogP contribution in [0.2, 0.25) is 0 Å². The normalized spacial score (nSPS) is 27.4. The molecule has 5 heteroatoms.